The molecule has 0 radical (unpaired) electrons. The van der Waals surface area contributed by atoms with Crippen LogP contribution >= 0.6 is 8.58 Å². The van der Waals surface area contributed by atoms with E-state index in [0.29, 0.717) is 23.0 Å². The zero-order valence-corrected chi connectivity index (χ0v) is 19.3. The van der Waals surface area contributed by atoms with Crippen molar-refractivity contribution in [2.24, 2.45) is 5.92 Å². The summed E-state index contributed by atoms with van der Waals surface area (Å²) in [6.07, 6.45) is 4.81. The average Bonchev–Trinajstić information content (AvgIpc) is 2.74. The van der Waals surface area contributed by atoms with E-state index in [2.05, 4.69) is 13.8 Å². The predicted molar refractivity (Wildman–Crippen MR) is 117 cm³/mol. The Labute approximate surface area is 188 Å². The Hall–Kier alpha value is -1.46. The molecule has 0 aliphatic rings. The summed E-state index contributed by atoms with van der Waals surface area (Å²) in [4.78, 5) is 12.8. The smallest absolute Gasteiger partial charge is 0.496 e. The van der Waals surface area contributed by atoms with Crippen LogP contribution in [-0.4, -0.2) is 26.4 Å². The molecule has 4 nitrogen and oxygen atoms in total. The van der Waals surface area contributed by atoms with Gasteiger partial charge in [0.15, 0.2) is 5.52 Å². The van der Waals surface area contributed by atoms with Crippen molar-refractivity contribution in [1.82, 2.24) is 0 Å². The molecule has 0 saturated carbocycles. The summed E-state index contributed by atoms with van der Waals surface area (Å²) in [5, 5.41) is 0.961. The second-order valence-electron chi connectivity index (χ2n) is 6.74. The SMILES string of the molecule is CCCCC(CC)COc1ccc(PC(=O)c2c(OC)cccc2OC)cc1.[Li+]. The topological polar surface area (TPSA) is 44.8 Å². The monoisotopic (exact) mass is 409 g/mol. The first-order chi connectivity index (χ1) is 13.6. The van der Waals surface area contributed by atoms with E-state index in [-0.39, 0.29) is 33.0 Å². The maximum absolute atomic E-state index is 12.8. The molecule has 2 atom stereocenters. The molecule has 2 rings (SSSR count). The van der Waals surface area contributed by atoms with Gasteiger partial charge in [0.25, 0.3) is 0 Å². The van der Waals surface area contributed by atoms with Crippen molar-refractivity contribution in [1.29, 1.82) is 0 Å². The minimum atomic E-state index is -0.00622. The van der Waals surface area contributed by atoms with E-state index < -0.39 is 0 Å². The summed E-state index contributed by atoms with van der Waals surface area (Å²) in [6.45, 7) is 5.18. The van der Waals surface area contributed by atoms with Crippen LogP contribution in [-0.2, 0) is 0 Å². The van der Waals surface area contributed by atoms with Crippen LogP contribution in [0.4, 0.5) is 0 Å². The van der Waals surface area contributed by atoms with E-state index >= 15 is 0 Å². The number of methoxy groups -OCH3 is 2. The second kappa shape index (κ2) is 13.7. The van der Waals surface area contributed by atoms with Crippen molar-refractivity contribution in [3.63, 3.8) is 0 Å². The Kier molecular flexibility index (Phi) is 12.1. The fourth-order valence-corrected chi connectivity index (χ4v) is 3.98. The molecule has 2 unspecified atom stereocenters. The van der Waals surface area contributed by atoms with Gasteiger partial charge in [-0.15, -0.1) is 0 Å². The molecule has 0 saturated heterocycles. The van der Waals surface area contributed by atoms with Crippen LogP contribution < -0.4 is 38.4 Å². The molecule has 0 aliphatic heterocycles. The van der Waals surface area contributed by atoms with Crippen LogP contribution in [0.3, 0.4) is 0 Å². The number of benzene rings is 2. The first-order valence-electron chi connectivity index (χ1n) is 9.88. The van der Waals surface area contributed by atoms with Gasteiger partial charge in [-0.05, 0) is 50.5 Å². The molecule has 0 bridgehead atoms. The maximum atomic E-state index is 12.8. The molecule has 29 heavy (non-hydrogen) atoms. The Morgan fingerprint density at radius 3 is 2.14 bits per heavy atom. The van der Waals surface area contributed by atoms with E-state index in [1.807, 2.05) is 30.3 Å². The van der Waals surface area contributed by atoms with Gasteiger partial charge in [0.2, 0.25) is 0 Å². The van der Waals surface area contributed by atoms with Gasteiger partial charge in [-0.25, -0.2) is 0 Å². The first kappa shape index (κ1) is 25.6. The Morgan fingerprint density at radius 2 is 1.62 bits per heavy atom. The zero-order chi connectivity index (χ0) is 20.4. The van der Waals surface area contributed by atoms with E-state index in [9.17, 15) is 4.79 Å². The van der Waals surface area contributed by atoms with Crippen molar-refractivity contribution in [3.8, 4) is 17.2 Å². The van der Waals surface area contributed by atoms with E-state index in [1.165, 1.54) is 19.3 Å². The molecule has 0 spiro atoms. The Morgan fingerprint density at radius 1 is 1.00 bits per heavy atom. The maximum Gasteiger partial charge on any atom is 1.00 e. The fourth-order valence-electron chi connectivity index (χ4n) is 3.02. The average molecular weight is 409 g/mol. The van der Waals surface area contributed by atoms with Gasteiger partial charge in [0.1, 0.15) is 22.8 Å². The fraction of sp³-hybridized carbons (Fsp3) is 0.435. The van der Waals surface area contributed by atoms with Gasteiger partial charge in [-0.2, -0.15) is 0 Å². The molecule has 0 heterocycles. The first-order valence-corrected chi connectivity index (χ1v) is 10.9. The molecule has 6 heteroatoms. The van der Waals surface area contributed by atoms with E-state index in [4.69, 9.17) is 14.2 Å². The predicted octanol–water partition coefficient (Wildman–Crippen LogP) is 2.45. The van der Waals surface area contributed by atoms with Crippen LogP contribution in [0.15, 0.2) is 42.5 Å². The van der Waals surface area contributed by atoms with Gasteiger partial charge < -0.3 is 14.2 Å². The van der Waals surface area contributed by atoms with Gasteiger partial charge in [-0.1, -0.05) is 51.3 Å². The molecular formula is C23H31LiO4P+. The summed E-state index contributed by atoms with van der Waals surface area (Å²) < 4.78 is 16.6. The minimum absolute atomic E-state index is 0. The molecule has 0 N–H and O–H groups in total. The number of unbranched alkanes of at least 4 members (excludes halogenated alkanes) is 1. The van der Waals surface area contributed by atoms with Gasteiger partial charge in [0, 0.05) is 0 Å². The van der Waals surface area contributed by atoms with Gasteiger partial charge in [-0.3, -0.25) is 4.79 Å². The largest absolute Gasteiger partial charge is 1.00 e. The standard InChI is InChI=1S/C23H31O4P.Li/c1-5-7-9-17(6-2)16-27-18-12-14-19(15-13-18)28-23(24)22-20(25-3)10-8-11-21(22)26-4;/h8,10-15,17,28H,5-7,9,16H2,1-4H3;/q;+1. The molecule has 0 amide bonds. The zero-order valence-electron chi connectivity index (χ0n) is 18.3. The second-order valence-corrected chi connectivity index (χ2v) is 8.03. The summed E-state index contributed by atoms with van der Waals surface area (Å²) in [5.74, 6) is 2.52. The van der Waals surface area contributed by atoms with Crippen molar-refractivity contribution >= 4 is 19.4 Å². The van der Waals surface area contributed by atoms with E-state index in [0.717, 1.165) is 24.1 Å². The summed E-state index contributed by atoms with van der Waals surface area (Å²) in [5.41, 5.74) is 0.487. The number of ether oxygens (including phenoxy) is 3. The molecule has 0 fully saturated rings. The third-order valence-electron chi connectivity index (χ3n) is 4.80. The molecule has 2 aromatic rings. The molecule has 0 aliphatic carbocycles. The third kappa shape index (κ3) is 7.71. The third-order valence-corrected chi connectivity index (χ3v) is 5.90. The van der Waals surface area contributed by atoms with Crippen molar-refractivity contribution in [2.45, 2.75) is 39.5 Å². The number of carbonyl (C=O) groups excluding carboxylic acids is 1. The number of carbonyl (C=O) groups is 1. The summed E-state index contributed by atoms with van der Waals surface area (Å²) in [7, 11) is 3.11. The van der Waals surface area contributed by atoms with Gasteiger partial charge >= 0.3 is 18.9 Å². The van der Waals surface area contributed by atoms with Crippen molar-refractivity contribution in [3.05, 3.63) is 48.0 Å². The van der Waals surface area contributed by atoms with Crippen molar-refractivity contribution in [2.75, 3.05) is 20.8 Å². The number of rotatable bonds is 12. The van der Waals surface area contributed by atoms with Gasteiger partial charge in [0.05, 0.1) is 20.8 Å². The molecule has 2 aromatic carbocycles. The molecule has 152 valence electrons. The molecule has 0 aromatic heterocycles. The van der Waals surface area contributed by atoms with Crippen LogP contribution in [0.2, 0.25) is 0 Å². The quantitative estimate of drug-likeness (QED) is 0.399. The van der Waals surface area contributed by atoms with Crippen molar-refractivity contribution < 1.29 is 37.9 Å². The van der Waals surface area contributed by atoms with Crippen LogP contribution in [0.1, 0.15) is 49.9 Å². The molecular weight excluding hydrogens is 378 g/mol. The van der Waals surface area contributed by atoms with E-state index in [1.54, 1.807) is 26.4 Å². The summed E-state index contributed by atoms with van der Waals surface area (Å²) >= 11 is 0. The number of hydrogen-bond donors (Lipinski definition) is 0. The van der Waals surface area contributed by atoms with Crippen LogP contribution in [0.25, 0.3) is 0 Å². The Bertz CT molecular complexity index is 727. The summed E-state index contributed by atoms with van der Waals surface area (Å²) in [6, 6.07) is 13.2. The Balaban J connectivity index is 0.00000420. The normalized spacial score (nSPS) is 11.7. The number of hydrogen-bond acceptors (Lipinski definition) is 4. The minimum Gasteiger partial charge on any atom is -0.496 e. The van der Waals surface area contributed by atoms with Crippen LogP contribution in [0.5, 0.6) is 17.2 Å². The van der Waals surface area contributed by atoms with Crippen LogP contribution in [0, 0.1) is 5.92 Å².